The first-order chi connectivity index (χ1) is 18.3. The summed E-state index contributed by atoms with van der Waals surface area (Å²) in [6.45, 7) is 5.08. The lowest BCUT2D eigenvalue weighted by atomic mass is 9.89. The molecule has 0 saturated carbocycles. The van der Waals surface area contributed by atoms with Gasteiger partial charge in [0.2, 0.25) is 0 Å². The van der Waals surface area contributed by atoms with Crippen molar-refractivity contribution in [2.24, 2.45) is 0 Å². The number of carbonyl (C=O) groups is 2. The number of benzene rings is 2. The number of aryl methyl sites for hydroxylation is 1. The van der Waals surface area contributed by atoms with Crippen LogP contribution >= 0.6 is 11.6 Å². The first-order valence-electron chi connectivity index (χ1n) is 13.1. The van der Waals surface area contributed by atoms with E-state index in [9.17, 15) is 9.59 Å². The highest BCUT2D eigenvalue weighted by molar-refractivity contribution is 6.30. The first kappa shape index (κ1) is 27.6. The van der Waals surface area contributed by atoms with E-state index in [1.807, 2.05) is 73.3 Å². The molecule has 1 aliphatic rings. The average molecular weight is 534 g/mol. The molecule has 1 aromatic heterocycles. The number of nitrogens with one attached hydrogen (secondary N) is 1. The molecule has 8 heteroatoms. The maximum atomic E-state index is 13.9. The summed E-state index contributed by atoms with van der Waals surface area (Å²) in [4.78, 5) is 37.4. The van der Waals surface area contributed by atoms with E-state index in [1.165, 1.54) is 0 Å². The molecule has 0 atom stereocenters. The van der Waals surface area contributed by atoms with Crippen molar-refractivity contribution in [2.75, 3.05) is 45.6 Å². The van der Waals surface area contributed by atoms with E-state index in [2.05, 4.69) is 22.3 Å². The minimum Gasteiger partial charge on any atom is -0.333 e. The molecule has 3 amide bonds. The molecule has 2 heterocycles. The number of likely N-dealkylation sites (tertiary alicyclic amines) is 1. The van der Waals surface area contributed by atoms with Crippen LogP contribution in [0, 0.1) is 6.92 Å². The summed E-state index contributed by atoms with van der Waals surface area (Å²) in [6, 6.07) is 20.9. The Kier molecular flexibility index (Phi) is 9.37. The fraction of sp³-hybridized carbons (Fsp3) is 0.367. The Morgan fingerprint density at radius 1 is 1.00 bits per heavy atom. The molecule has 1 aliphatic heterocycles. The summed E-state index contributed by atoms with van der Waals surface area (Å²) >= 11 is 6.05. The zero-order valence-corrected chi connectivity index (χ0v) is 23.1. The van der Waals surface area contributed by atoms with Gasteiger partial charge < -0.3 is 20.0 Å². The molecule has 2 aromatic carbocycles. The zero-order valence-electron chi connectivity index (χ0n) is 22.4. The number of hydrogen-bond donors (Lipinski definition) is 1. The van der Waals surface area contributed by atoms with Gasteiger partial charge in [0.05, 0.1) is 11.3 Å². The quantitative estimate of drug-likeness (QED) is 0.406. The normalized spacial score (nSPS) is 14.0. The minimum atomic E-state index is -0.142. The van der Waals surface area contributed by atoms with Gasteiger partial charge in [0, 0.05) is 55.0 Å². The van der Waals surface area contributed by atoms with Crippen LogP contribution in [-0.2, 0) is 6.54 Å². The topological polar surface area (TPSA) is 68.8 Å². The molecule has 0 spiro atoms. The van der Waals surface area contributed by atoms with Gasteiger partial charge in [-0.2, -0.15) is 0 Å². The van der Waals surface area contributed by atoms with Crippen LogP contribution in [-0.4, -0.2) is 71.9 Å². The largest absolute Gasteiger partial charge is 0.333 e. The number of amides is 3. The standard InChI is InChI=1S/C30H36ClN5O2/c1-22-12-13-27(29(37)36(19-18-34(2)3)21-23-8-5-4-6-9-23)28(32-22)24-14-16-35(17-15-24)30(38)33-26-11-7-10-25(31)20-26/h4-13,20,24H,14-19,21H2,1-3H3,(H,33,38). The Balaban J connectivity index is 1.48. The van der Waals surface area contributed by atoms with Crippen LogP contribution in [0.4, 0.5) is 10.5 Å². The van der Waals surface area contributed by atoms with Gasteiger partial charge >= 0.3 is 6.03 Å². The lowest BCUT2D eigenvalue weighted by Gasteiger charge is -2.33. The maximum Gasteiger partial charge on any atom is 0.321 e. The Labute approximate surface area is 230 Å². The number of nitrogens with zero attached hydrogens (tertiary/aromatic N) is 4. The second-order valence-electron chi connectivity index (χ2n) is 10.1. The summed E-state index contributed by atoms with van der Waals surface area (Å²) in [5, 5.41) is 3.51. The molecule has 1 N–H and O–H groups in total. The number of aromatic nitrogens is 1. The van der Waals surface area contributed by atoms with Crippen LogP contribution < -0.4 is 5.32 Å². The van der Waals surface area contributed by atoms with E-state index in [0.29, 0.717) is 42.5 Å². The van der Waals surface area contributed by atoms with E-state index in [4.69, 9.17) is 16.6 Å². The molecule has 1 fully saturated rings. The van der Waals surface area contributed by atoms with Gasteiger partial charge in [0.15, 0.2) is 0 Å². The van der Waals surface area contributed by atoms with Crippen LogP contribution in [0.3, 0.4) is 0 Å². The smallest absolute Gasteiger partial charge is 0.321 e. The fourth-order valence-corrected chi connectivity index (χ4v) is 4.93. The number of pyridine rings is 1. The van der Waals surface area contributed by atoms with Crippen molar-refractivity contribution < 1.29 is 9.59 Å². The molecular formula is C30H36ClN5O2. The van der Waals surface area contributed by atoms with Crippen LogP contribution in [0.15, 0.2) is 66.7 Å². The van der Waals surface area contributed by atoms with Crippen molar-refractivity contribution in [1.82, 2.24) is 19.7 Å². The monoisotopic (exact) mass is 533 g/mol. The summed E-state index contributed by atoms with van der Waals surface area (Å²) in [5.41, 5.74) is 4.16. The van der Waals surface area contributed by atoms with Gasteiger partial charge in [0.1, 0.15) is 0 Å². The van der Waals surface area contributed by atoms with Crippen molar-refractivity contribution in [3.05, 3.63) is 94.3 Å². The predicted octanol–water partition coefficient (Wildman–Crippen LogP) is 5.66. The number of urea groups is 1. The molecule has 7 nitrogen and oxygen atoms in total. The van der Waals surface area contributed by atoms with Crippen molar-refractivity contribution in [1.29, 1.82) is 0 Å². The Bertz CT molecular complexity index is 1240. The lowest BCUT2D eigenvalue weighted by molar-refractivity contribution is 0.0728. The lowest BCUT2D eigenvalue weighted by Crippen LogP contribution is -2.41. The number of hydrogen-bond acceptors (Lipinski definition) is 4. The van der Waals surface area contributed by atoms with Crippen molar-refractivity contribution >= 4 is 29.2 Å². The highest BCUT2D eigenvalue weighted by atomic mass is 35.5. The molecule has 0 radical (unpaired) electrons. The van der Waals surface area contributed by atoms with Gasteiger partial charge in [-0.1, -0.05) is 48.0 Å². The number of rotatable bonds is 8. The van der Waals surface area contributed by atoms with Gasteiger partial charge in [-0.3, -0.25) is 9.78 Å². The second kappa shape index (κ2) is 12.9. The Morgan fingerprint density at radius 3 is 2.42 bits per heavy atom. The third kappa shape index (κ3) is 7.33. The van der Waals surface area contributed by atoms with E-state index >= 15 is 0 Å². The molecule has 0 bridgehead atoms. The van der Waals surface area contributed by atoms with Gasteiger partial charge in [-0.05, 0) is 69.8 Å². The molecule has 0 aliphatic carbocycles. The SMILES string of the molecule is Cc1ccc(C(=O)N(CCN(C)C)Cc2ccccc2)c(C2CCN(C(=O)Nc3cccc(Cl)c3)CC2)n1. The predicted molar refractivity (Wildman–Crippen MR) is 153 cm³/mol. The maximum absolute atomic E-state index is 13.9. The van der Waals surface area contributed by atoms with Crippen molar-refractivity contribution in [3.8, 4) is 0 Å². The summed E-state index contributed by atoms with van der Waals surface area (Å²) in [7, 11) is 4.03. The third-order valence-corrected chi connectivity index (χ3v) is 7.09. The number of likely N-dealkylation sites (N-methyl/N-ethyl adjacent to an activating group) is 1. The van der Waals surface area contributed by atoms with Crippen LogP contribution in [0.25, 0.3) is 0 Å². The summed E-state index contributed by atoms with van der Waals surface area (Å²) < 4.78 is 0. The number of carbonyl (C=O) groups excluding carboxylic acids is 2. The number of anilines is 1. The molecule has 0 unspecified atom stereocenters. The van der Waals surface area contributed by atoms with E-state index in [1.54, 1.807) is 12.1 Å². The van der Waals surface area contributed by atoms with Gasteiger partial charge in [-0.15, -0.1) is 0 Å². The summed E-state index contributed by atoms with van der Waals surface area (Å²) in [6.07, 6.45) is 1.49. The zero-order chi connectivity index (χ0) is 27.1. The highest BCUT2D eigenvalue weighted by Crippen LogP contribution is 2.31. The molecule has 4 rings (SSSR count). The highest BCUT2D eigenvalue weighted by Gasteiger charge is 2.29. The number of halogens is 1. The van der Waals surface area contributed by atoms with E-state index in [-0.39, 0.29) is 17.9 Å². The van der Waals surface area contributed by atoms with Crippen LogP contribution in [0.5, 0.6) is 0 Å². The second-order valence-corrected chi connectivity index (χ2v) is 10.5. The van der Waals surface area contributed by atoms with Gasteiger partial charge in [-0.25, -0.2) is 4.79 Å². The summed E-state index contributed by atoms with van der Waals surface area (Å²) in [5.74, 6) is 0.107. The molecule has 38 heavy (non-hydrogen) atoms. The average Bonchev–Trinajstić information content (AvgIpc) is 2.91. The molecule has 3 aromatic rings. The van der Waals surface area contributed by atoms with Crippen LogP contribution in [0.2, 0.25) is 5.02 Å². The fourth-order valence-electron chi connectivity index (χ4n) is 4.74. The van der Waals surface area contributed by atoms with Crippen LogP contribution in [0.1, 0.15) is 46.1 Å². The Morgan fingerprint density at radius 2 is 1.74 bits per heavy atom. The first-order valence-corrected chi connectivity index (χ1v) is 13.4. The van der Waals surface area contributed by atoms with Crippen molar-refractivity contribution in [3.63, 3.8) is 0 Å². The minimum absolute atomic E-state index is 0.000619. The van der Waals surface area contributed by atoms with E-state index < -0.39 is 0 Å². The molecule has 200 valence electrons. The third-order valence-electron chi connectivity index (χ3n) is 6.86. The van der Waals surface area contributed by atoms with Crippen molar-refractivity contribution in [2.45, 2.75) is 32.2 Å². The van der Waals surface area contributed by atoms with E-state index in [0.717, 1.165) is 36.3 Å². The van der Waals surface area contributed by atoms with Gasteiger partial charge in [0.25, 0.3) is 5.91 Å². The molecule has 1 saturated heterocycles. The number of piperidine rings is 1. The molecular weight excluding hydrogens is 498 g/mol. The Hall–Kier alpha value is -3.42.